The van der Waals surface area contributed by atoms with Crippen molar-refractivity contribution < 1.29 is 28.8 Å². The molecule has 0 spiro atoms. The van der Waals surface area contributed by atoms with Gasteiger partial charge in [0.2, 0.25) is 0 Å². The molecule has 2 aliphatic rings. The topological polar surface area (TPSA) is 71.1 Å². The Labute approximate surface area is 150 Å². The van der Waals surface area contributed by atoms with Gasteiger partial charge in [0, 0.05) is 0 Å². The first kappa shape index (κ1) is 19.9. The van der Waals surface area contributed by atoms with Gasteiger partial charge in [-0.1, -0.05) is 27.7 Å². The molecule has 0 N–H and O–H groups in total. The number of rotatable bonds is 2. The fraction of sp³-hybridized carbons (Fsp3) is 0.895. The highest BCUT2D eigenvalue weighted by Gasteiger charge is 2.32. The second-order valence-corrected chi connectivity index (χ2v) is 8.62. The SMILES string of the molecule is CC1CCC(OC(=O)OOC(=O)OC2CCC(C(C)(C)C)CC2)CC1. The second kappa shape index (κ2) is 8.77. The number of carbonyl (C=O) groups is 2. The molecule has 0 aliphatic heterocycles. The normalized spacial score (nSPS) is 30.2. The van der Waals surface area contributed by atoms with Gasteiger partial charge in [0.25, 0.3) is 0 Å². The van der Waals surface area contributed by atoms with E-state index in [1.54, 1.807) is 0 Å². The van der Waals surface area contributed by atoms with Gasteiger partial charge >= 0.3 is 12.3 Å². The molecule has 0 radical (unpaired) electrons. The minimum Gasteiger partial charge on any atom is -0.428 e. The highest BCUT2D eigenvalue weighted by atomic mass is 17.3. The molecule has 0 atom stereocenters. The average Bonchev–Trinajstić information content (AvgIpc) is 2.55. The van der Waals surface area contributed by atoms with Crippen LogP contribution in [0.1, 0.15) is 79.1 Å². The molecule has 6 nitrogen and oxygen atoms in total. The van der Waals surface area contributed by atoms with Crippen molar-refractivity contribution in [3.8, 4) is 0 Å². The highest BCUT2D eigenvalue weighted by molar-refractivity contribution is 5.63. The minimum atomic E-state index is -0.979. The van der Waals surface area contributed by atoms with E-state index in [9.17, 15) is 9.59 Å². The van der Waals surface area contributed by atoms with Crippen LogP contribution in [0.2, 0.25) is 0 Å². The van der Waals surface area contributed by atoms with Crippen molar-refractivity contribution >= 4 is 12.3 Å². The van der Waals surface area contributed by atoms with E-state index < -0.39 is 12.3 Å². The fourth-order valence-electron chi connectivity index (χ4n) is 3.77. The first-order chi connectivity index (χ1) is 11.7. The van der Waals surface area contributed by atoms with Crippen LogP contribution in [0.5, 0.6) is 0 Å². The number of ether oxygens (including phenoxy) is 2. The summed E-state index contributed by atoms with van der Waals surface area (Å²) in [5, 5.41) is 0. The van der Waals surface area contributed by atoms with Crippen LogP contribution in [-0.4, -0.2) is 24.5 Å². The number of carbonyl (C=O) groups excluding carboxylic acids is 2. The van der Waals surface area contributed by atoms with Crippen LogP contribution in [0.25, 0.3) is 0 Å². The van der Waals surface area contributed by atoms with E-state index in [1.807, 2.05) is 0 Å². The molecule has 0 aromatic heterocycles. The van der Waals surface area contributed by atoms with Gasteiger partial charge in [-0.2, -0.15) is 19.4 Å². The molecule has 2 aliphatic carbocycles. The molecular weight excluding hydrogens is 324 g/mol. The van der Waals surface area contributed by atoms with Gasteiger partial charge in [-0.05, 0) is 68.6 Å². The van der Waals surface area contributed by atoms with E-state index >= 15 is 0 Å². The summed E-state index contributed by atoms with van der Waals surface area (Å²) < 4.78 is 10.4. The lowest BCUT2D eigenvalue weighted by Gasteiger charge is -2.36. The summed E-state index contributed by atoms with van der Waals surface area (Å²) in [4.78, 5) is 32.1. The van der Waals surface area contributed by atoms with Gasteiger partial charge in [0.1, 0.15) is 12.2 Å². The molecule has 2 rings (SSSR count). The second-order valence-electron chi connectivity index (χ2n) is 8.62. The zero-order chi connectivity index (χ0) is 18.4. The van der Waals surface area contributed by atoms with E-state index in [-0.39, 0.29) is 17.6 Å². The summed E-state index contributed by atoms with van der Waals surface area (Å²) in [6.45, 7) is 8.89. The predicted molar refractivity (Wildman–Crippen MR) is 91.8 cm³/mol. The standard InChI is InChI=1S/C19H32O6/c1-13-5-9-15(10-6-13)22-17(20)24-25-18(21)23-16-11-7-14(8-12-16)19(2,3)4/h13-16H,5-12H2,1-4H3. The van der Waals surface area contributed by atoms with Crippen LogP contribution < -0.4 is 0 Å². The van der Waals surface area contributed by atoms with Gasteiger partial charge < -0.3 is 9.47 Å². The van der Waals surface area contributed by atoms with E-state index in [2.05, 4.69) is 37.5 Å². The Bertz CT molecular complexity index is 439. The number of hydrogen-bond acceptors (Lipinski definition) is 6. The van der Waals surface area contributed by atoms with Crippen LogP contribution in [0, 0.1) is 17.3 Å². The van der Waals surface area contributed by atoms with Gasteiger partial charge in [-0.25, -0.2) is 0 Å². The molecule has 0 amide bonds. The fourth-order valence-corrected chi connectivity index (χ4v) is 3.77. The van der Waals surface area contributed by atoms with E-state index in [1.165, 1.54) is 0 Å². The van der Waals surface area contributed by atoms with Gasteiger partial charge in [-0.3, -0.25) is 0 Å². The molecular formula is C19H32O6. The Morgan fingerprint density at radius 2 is 1.12 bits per heavy atom. The summed E-state index contributed by atoms with van der Waals surface area (Å²) in [6, 6.07) is 0. The molecule has 0 aromatic rings. The van der Waals surface area contributed by atoms with Crippen LogP contribution in [-0.2, 0) is 19.2 Å². The maximum atomic E-state index is 11.7. The van der Waals surface area contributed by atoms with Crippen molar-refractivity contribution in [1.29, 1.82) is 0 Å². The molecule has 0 heterocycles. The largest absolute Gasteiger partial charge is 0.550 e. The smallest absolute Gasteiger partial charge is 0.428 e. The Kier molecular flexibility index (Phi) is 6.96. The Balaban J connectivity index is 1.60. The molecule has 6 heteroatoms. The summed E-state index contributed by atoms with van der Waals surface area (Å²) in [5.41, 5.74) is 0.273. The molecule has 0 aromatic carbocycles. The van der Waals surface area contributed by atoms with E-state index in [4.69, 9.17) is 9.47 Å². The monoisotopic (exact) mass is 356 g/mol. The lowest BCUT2D eigenvalue weighted by Crippen LogP contribution is -2.31. The molecule has 0 bridgehead atoms. The maximum absolute atomic E-state index is 11.7. The summed E-state index contributed by atoms with van der Waals surface area (Å²) in [6.07, 6.45) is 5.05. The van der Waals surface area contributed by atoms with Crippen LogP contribution in [0.4, 0.5) is 9.59 Å². The van der Waals surface area contributed by atoms with Crippen LogP contribution >= 0.6 is 0 Å². The minimum absolute atomic E-state index is 0.156. The Hall–Kier alpha value is -1.46. The third kappa shape index (κ3) is 6.75. The van der Waals surface area contributed by atoms with Crippen molar-refractivity contribution in [2.45, 2.75) is 91.3 Å². The molecule has 2 fully saturated rings. The van der Waals surface area contributed by atoms with Gasteiger partial charge in [-0.15, -0.1) is 0 Å². The Morgan fingerprint density at radius 1 is 0.720 bits per heavy atom. The molecule has 0 saturated heterocycles. The zero-order valence-corrected chi connectivity index (χ0v) is 15.9. The lowest BCUT2D eigenvalue weighted by molar-refractivity contribution is -0.226. The van der Waals surface area contributed by atoms with Crippen molar-refractivity contribution in [3.05, 3.63) is 0 Å². The highest BCUT2D eigenvalue weighted by Crippen LogP contribution is 2.38. The Morgan fingerprint density at radius 3 is 1.52 bits per heavy atom. The first-order valence-electron chi connectivity index (χ1n) is 9.49. The van der Waals surface area contributed by atoms with E-state index in [0.29, 0.717) is 11.8 Å². The predicted octanol–water partition coefficient (Wildman–Crippen LogP) is 5.39. The quantitative estimate of drug-likeness (QED) is 0.375. The van der Waals surface area contributed by atoms with Crippen LogP contribution in [0.15, 0.2) is 0 Å². The third-order valence-electron chi connectivity index (χ3n) is 5.57. The molecule has 2 saturated carbocycles. The summed E-state index contributed by atoms with van der Waals surface area (Å²) in [7, 11) is 0. The molecule has 25 heavy (non-hydrogen) atoms. The van der Waals surface area contributed by atoms with Crippen molar-refractivity contribution in [3.63, 3.8) is 0 Å². The lowest BCUT2D eigenvalue weighted by atomic mass is 9.72. The average molecular weight is 356 g/mol. The van der Waals surface area contributed by atoms with Crippen LogP contribution in [0.3, 0.4) is 0 Å². The van der Waals surface area contributed by atoms with E-state index in [0.717, 1.165) is 51.4 Å². The summed E-state index contributed by atoms with van der Waals surface area (Å²) in [5.74, 6) is 1.29. The third-order valence-corrected chi connectivity index (χ3v) is 5.57. The van der Waals surface area contributed by atoms with Crippen molar-refractivity contribution in [2.75, 3.05) is 0 Å². The first-order valence-corrected chi connectivity index (χ1v) is 9.49. The zero-order valence-electron chi connectivity index (χ0n) is 15.9. The molecule has 144 valence electrons. The van der Waals surface area contributed by atoms with Gasteiger partial charge in [0.15, 0.2) is 0 Å². The van der Waals surface area contributed by atoms with Crippen molar-refractivity contribution in [1.82, 2.24) is 0 Å². The van der Waals surface area contributed by atoms with Gasteiger partial charge in [0.05, 0.1) is 0 Å². The summed E-state index contributed by atoms with van der Waals surface area (Å²) >= 11 is 0. The molecule has 0 unspecified atom stereocenters. The maximum Gasteiger partial charge on any atom is 0.550 e. The number of hydrogen-bond donors (Lipinski definition) is 0. The van der Waals surface area contributed by atoms with Crippen molar-refractivity contribution in [2.24, 2.45) is 17.3 Å².